The van der Waals surface area contributed by atoms with Crippen molar-refractivity contribution in [3.05, 3.63) is 68.7 Å². The second-order valence-corrected chi connectivity index (χ2v) is 6.74. The summed E-state index contributed by atoms with van der Waals surface area (Å²) in [7, 11) is -3.78. The molecule has 2 aromatic rings. The number of nitro groups is 1. The van der Waals surface area contributed by atoms with Gasteiger partial charge in [-0.05, 0) is 24.3 Å². The largest absolute Gasteiger partial charge is 0.276 e. The maximum absolute atomic E-state index is 12.0. The highest BCUT2D eigenvalue weighted by atomic mass is 79.9. The first kappa shape index (κ1) is 16.1. The quantitative estimate of drug-likeness (QED) is 0.486. The van der Waals surface area contributed by atoms with Crippen molar-refractivity contribution in [2.24, 2.45) is 5.10 Å². The van der Waals surface area contributed by atoms with Gasteiger partial charge in [-0.2, -0.15) is 13.5 Å². The third-order valence-corrected chi connectivity index (χ3v) is 4.36. The average Bonchev–Trinajstić information content (AvgIpc) is 2.48. The molecule has 0 unspecified atom stereocenters. The molecular weight excluding hydrogens is 374 g/mol. The Hall–Kier alpha value is -2.26. The van der Waals surface area contributed by atoms with Crippen molar-refractivity contribution in [1.29, 1.82) is 0 Å². The predicted molar refractivity (Wildman–Crippen MR) is 85.2 cm³/mol. The Labute approximate surface area is 135 Å². The van der Waals surface area contributed by atoms with Gasteiger partial charge in [-0.15, -0.1) is 0 Å². The van der Waals surface area contributed by atoms with Gasteiger partial charge in [-0.1, -0.05) is 28.1 Å². The van der Waals surface area contributed by atoms with Gasteiger partial charge in [0.15, 0.2) is 0 Å². The smallest absolute Gasteiger partial charge is 0.258 e. The average molecular weight is 384 g/mol. The summed E-state index contributed by atoms with van der Waals surface area (Å²) in [5, 5.41) is 14.3. The molecule has 0 aromatic heterocycles. The molecule has 0 atom stereocenters. The molecule has 0 amide bonds. The molecule has 0 aliphatic heterocycles. The molecule has 114 valence electrons. The Morgan fingerprint density at radius 3 is 2.50 bits per heavy atom. The molecule has 0 saturated heterocycles. The monoisotopic (exact) mass is 383 g/mol. The summed E-state index contributed by atoms with van der Waals surface area (Å²) in [5.74, 6) is 0. The molecule has 0 aliphatic rings. The first-order valence-electron chi connectivity index (χ1n) is 5.93. The minimum absolute atomic E-state index is 0.0619. The summed E-state index contributed by atoms with van der Waals surface area (Å²) in [4.78, 5) is 12.2. The molecule has 22 heavy (non-hydrogen) atoms. The first-order chi connectivity index (χ1) is 10.4. The Morgan fingerprint density at radius 2 is 1.86 bits per heavy atom. The van der Waals surface area contributed by atoms with Crippen molar-refractivity contribution >= 4 is 37.9 Å². The zero-order valence-corrected chi connectivity index (χ0v) is 13.4. The normalized spacial score (nSPS) is 11.5. The fourth-order valence-corrected chi connectivity index (χ4v) is 2.61. The van der Waals surface area contributed by atoms with Crippen LogP contribution in [0.15, 0.2) is 63.0 Å². The van der Waals surface area contributed by atoms with E-state index in [0.29, 0.717) is 5.56 Å². The van der Waals surface area contributed by atoms with Gasteiger partial charge in [0.2, 0.25) is 0 Å². The van der Waals surface area contributed by atoms with E-state index in [9.17, 15) is 18.5 Å². The van der Waals surface area contributed by atoms with Crippen LogP contribution < -0.4 is 4.83 Å². The lowest BCUT2D eigenvalue weighted by Crippen LogP contribution is -2.18. The van der Waals surface area contributed by atoms with E-state index < -0.39 is 14.9 Å². The molecule has 7 nitrogen and oxygen atoms in total. The Balaban J connectivity index is 2.13. The maximum Gasteiger partial charge on any atom is 0.276 e. The lowest BCUT2D eigenvalue weighted by Gasteiger charge is -2.03. The van der Waals surface area contributed by atoms with Gasteiger partial charge in [0.25, 0.3) is 15.7 Å². The van der Waals surface area contributed by atoms with Crippen LogP contribution in [-0.2, 0) is 10.0 Å². The zero-order valence-electron chi connectivity index (χ0n) is 11.0. The molecule has 0 saturated carbocycles. The van der Waals surface area contributed by atoms with Crippen LogP contribution in [-0.4, -0.2) is 19.6 Å². The van der Waals surface area contributed by atoms with Gasteiger partial charge in [0, 0.05) is 22.2 Å². The second kappa shape index (κ2) is 6.67. The third-order valence-electron chi connectivity index (χ3n) is 2.59. The van der Waals surface area contributed by atoms with E-state index in [-0.39, 0.29) is 10.6 Å². The number of benzene rings is 2. The molecule has 0 bridgehead atoms. The van der Waals surface area contributed by atoms with Crippen molar-refractivity contribution in [1.82, 2.24) is 4.83 Å². The van der Waals surface area contributed by atoms with Crippen molar-refractivity contribution in [2.45, 2.75) is 4.90 Å². The third kappa shape index (κ3) is 4.12. The number of nitrogens with zero attached hydrogens (tertiary/aromatic N) is 2. The molecule has 1 N–H and O–H groups in total. The van der Waals surface area contributed by atoms with Crippen LogP contribution in [0.25, 0.3) is 0 Å². The molecular formula is C13H10BrN3O4S. The number of nitrogens with one attached hydrogen (secondary N) is 1. The van der Waals surface area contributed by atoms with E-state index in [1.807, 2.05) is 4.83 Å². The molecule has 0 aliphatic carbocycles. The van der Waals surface area contributed by atoms with Crippen molar-refractivity contribution in [3.8, 4) is 0 Å². The number of nitro benzene ring substituents is 1. The SMILES string of the molecule is O=[N+]([O-])c1cccc(/C=N\NS(=O)(=O)c2ccc(Br)cc2)c1. The van der Waals surface area contributed by atoms with Gasteiger partial charge in [0.05, 0.1) is 16.0 Å². The zero-order chi connectivity index (χ0) is 16.2. The maximum atomic E-state index is 12.0. The minimum Gasteiger partial charge on any atom is -0.258 e. The lowest BCUT2D eigenvalue weighted by molar-refractivity contribution is -0.384. The van der Waals surface area contributed by atoms with Crippen LogP contribution in [0, 0.1) is 10.1 Å². The number of hydrogen-bond acceptors (Lipinski definition) is 5. The first-order valence-corrected chi connectivity index (χ1v) is 8.21. The van der Waals surface area contributed by atoms with Gasteiger partial charge in [0.1, 0.15) is 0 Å². The van der Waals surface area contributed by atoms with E-state index in [0.717, 1.165) is 4.47 Å². The topological polar surface area (TPSA) is 102 Å². The van der Waals surface area contributed by atoms with Gasteiger partial charge in [-0.25, -0.2) is 4.83 Å². The molecule has 2 aromatic carbocycles. The van der Waals surface area contributed by atoms with E-state index >= 15 is 0 Å². The van der Waals surface area contributed by atoms with Gasteiger partial charge >= 0.3 is 0 Å². The number of hydrogen-bond donors (Lipinski definition) is 1. The van der Waals surface area contributed by atoms with Crippen LogP contribution >= 0.6 is 15.9 Å². The number of non-ortho nitro benzene ring substituents is 1. The Kier molecular flexibility index (Phi) is 4.88. The summed E-state index contributed by atoms with van der Waals surface area (Å²) >= 11 is 3.21. The summed E-state index contributed by atoms with van der Waals surface area (Å²) in [6.45, 7) is 0. The molecule has 9 heteroatoms. The highest BCUT2D eigenvalue weighted by Crippen LogP contribution is 2.14. The van der Waals surface area contributed by atoms with E-state index in [1.165, 1.54) is 36.5 Å². The van der Waals surface area contributed by atoms with Gasteiger partial charge in [-0.3, -0.25) is 10.1 Å². The molecule has 0 fully saturated rings. The van der Waals surface area contributed by atoms with E-state index in [1.54, 1.807) is 18.2 Å². The summed E-state index contributed by atoms with van der Waals surface area (Å²) in [5.41, 5.74) is 0.312. The fraction of sp³-hybridized carbons (Fsp3) is 0. The fourth-order valence-electron chi connectivity index (χ4n) is 1.56. The highest BCUT2D eigenvalue weighted by Gasteiger charge is 2.12. The van der Waals surface area contributed by atoms with E-state index in [4.69, 9.17) is 0 Å². The summed E-state index contributed by atoms with van der Waals surface area (Å²) in [6.07, 6.45) is 1.20. The molecule has 0 spiro atoms. The Bertz CT molecular complexity index is 819. The van der Waals surface area contributed by atoms with Crippen LogP contribution in [0.4, 0.5) is 5.69 Å². The van der Waals surface area contributed by atoms with Crippen LogP contribution in [0.2, 0.25) is 0 Å². The van der Waals surface area contributed by atoms with Crippen molar-refractivity contribution < 1.29 is 13.3 Å². The second-order valence-electron chi connectivity index (χ2n) is 4.16. The molecule has 2 rings (SSSR count). The van der Waals surface area contributed by atoms with E-state index in [2.05, 4.69) is 21.0 Å². The van der Waals surface area contributed by atoms with Crippen LogP contribution in [0.3, 0.4) is 0 Å². The molecule has 0 heterocycles. The van der Waals surface area contributed by atoms with Gasteiger partial charge < -0.3 is 0 Å². The lowest BCUT2D eigenvalue weighted by atomic mass is 10.2. The van der Waals surface area contributed by atoms with Crippen LogP contribution in [0.1, 0.15) is 5.56 Å². The number of halogens is 1. The highest BCUT2D eigenvalue weighted by molar-refractivity contribution is 9.10. The Morgan fingerprint density at radius 1 is 1.18 bits per heavy atom. The number of rotatable bonds is 5. The predicted octanol–water partition coefficient (Wildman–Crippen LogP) is 2.67. The molecule has 0 radical (unpaired) electrons. The minimum atomic E-state index is -3.78. The van der Waals surface area contributed by atoms with Crippen molar-refractivity contribution in [2.75, 3.05) is 0 Å². The van der Waals surface area contributed by atoms with Crippen molar-refractivity contribution in [3.63, 3.8) is 0 Å². The summed E-state index contributed by atoms with van der Waals surface area (Å²) < 4.78 is 24.7. The summed E-state index contributed by atoms with van der Waals surface area (Å²) in [6, 6.07) is 11.7. The standard InChI is InChI=1S/C13H10BrN3O4S/c14-11-4-6-13(7-5-11)22(20,21)16-15-9-10-2-1-3-12(8-10)17(18)19/h1-9,16H/b15-9-. The number of sulfonamides is 1. The number of hydrazone groups is 1. The van der Waals surface area contributed by atoms with Crippen LogP contribution in [0.5, 0.6) is 0 Å².